The molecule has 1 rings (SSSR count). The van der Waals surface area contributed by atoms with E-state index in [1.54, 1.807) is 13.8 Å². The number of aliphatic hydroxyl groups is 1. The number of ether oxygens (including phenoxy) is 1. The van der Waals surface area contributed by atoms with E-state index < -0.39 is 5.79 Å². The minimum Gasteiger partial charge on any atom is -0.366 e. The van der Waals surface area contributed by atoms with Crippen molar-refractivity contribution in [2.45, 2.75) is 37.4 Å². The summed E-state index contributed by atoms with van der Waals surface area (Å²) in [6.07, 6.45) is 2.10. The van der Waals surface area contributed by atoms with Gasteiger partial charge >= 0.3 is 0 Å². The quantitative estimate of drug-likeness (QED) is 0.450. The Morgan fingerprint density at radius 3 is 2.50 bits per heavy atom. The highest BCUT2D eigenvalue weighted by Crippen LogP contribution is 2.18. The predicted octanol–water partition coefficient (Wildman–Crippen LogP) is 3.30. The summed E-state index contributed by atoms with van der Waals surface area (Å²) in [6.45, 7) is 3.94. The smallest absolute Gasteiger partial charge is 0.159 e. The van der Waals surface area contributed by atoms with E-state index in [0.29, 0.717) is 6.61 Å². The van der Waals surface area contributed by atoms with Gasteiger partial charge in [-0.15, -0.1) is 11.8 Å². The van der Waals surface area contributed by atoms with Crippen LogP contribution in [0.3, 0.4) is 0 Å². The summed E-state index contributed by atoms with van der Waals surface area (Å²) in [5.74, 6) is 0.103. The Balaban J connectivity index is 2.01. The van der Waals surface area contributed by atoms with Crippen LogP contribution in [0.15, 0.2) is 35.2 Å². The van der Waals surface area contributed by atoms with E-state index in [1.165, 1.54) is 4.90 Å². The number of unbranched alkanes of at least 4 members (excludes halogenated alkanes) is 1. The number of hydrogen-bond donors (Lipinski definition) is 1. The van der Waals surface area contributed by atoms with Gasteiger partial charge in [-0.1, -0.05) is 18.2 Å². The topological polar surface area (TPSA) is 29.5 Å². The largest absolute Gasteiger partial charge is 0.366 e. The third-order valence-corrected chi connectivity index (χ3v) is 3.10. The van der Waals surface area contributed by atoms with Crippen molar-refractivity contribution in [3.63, 3.8) is 0 Å². The molecule has 1 N–H and O–H groups in total. The monoisotopic (exact) mass is 240 g/mol. The maximum absolute atomic E-state index is 9.32. The fourth-order valence-corrected chi connectivity index (χ4v) is 2.17. The van der Waals surface area contributed by atoms with Crippen LogP contribution in [-0.4, -0.2) is 23.3 Å². The second-order valence-electron chi connectivity index (χ2n) is 4.16. The van der Waals surface area contributed by atoms with Gasteiger partial charge in [0.1, 0.15) is 0 Å². The lowest BCUT2D eigenvalue weighted by molar-refractivity contribution is -0.176. The van der Waals surface area contributed by atoms with E-state index >= 15 is 0 Å². The maximum atomic E-state index is 9.32. The van der Waals surface area contributed by atoms with Gasteiger partial charge in [-0.25, -0.2) is 0 Å². The summed E-state index contributed by atoms with van der Waals surface area (Å²) in [4.78, 5) is 1.31. The first kappa shape index (κ1) is 13.6. The third kappa shape index (κ3) is 6.88. The molecule has 90 valence electrons. The summed E-state index contributed by atoms with van der Waals surface area (Å²) >= 11 is 1.86. The number of benzene rings is 1. The van der Waals surface area contributed by atoms with Crippen molar-refractivity contribution in [1.29, 1.82) is 0 Å². The van der Waals surface area contributed by atoms with Crippen LogP contribution in [0.4, 0.5) is 0 Å². The molecule has 0 unspecified atom stereocenters. The lowest BCUT2D eigenvalue weighted by Gasteiger charge is -2.17. The summed E-state index contributed by atoms with van der Waals surface area (Å²) in [6, 6.07) is 10.4. The molecule has 0 aliphatic rings. The fourth-order valence-electron chi connectivity index (χ4n) is 1.23. The van der Waals surface area contributed by atoms with Gasteiger partial charge in [0.25, 0.3) is 0 Å². The van der Waals surface area contributed by atoms with Crippen molar-refractivity contribution in [1.82, 2.24) is 0 Å². The Kier molecular flexibility index (Phi) is 5.88. The highest BCUT2D eigenvalue weighted by Gasteiger charge is 2.10. The van der Waals surface area contributed by atoms with Gasteiger partial charge < -0.3 is 9.84 Å². The second kappa shape index (κ2) is 6.94. The number of thioether (sulfide) groups is 1. The van der Waals surface area contributed by atoms with Crippen molar-refractivity contribution in [3.8, 4) is 0 Å². The highest BCUT2D eigenvalue weighted by atomic mass is 32.2. The summed E-state index contributed by atoms with van der Waals surface area (Å²) < 4.78 is 5.23. The zero-order valence-corrected chi connectivity index (χ0v) is 10.8. The van der Waals surface area contributed by atoms with Crippen molar-refractivity contribution in [2.24, 2.45) is 0 Å². The first-order valence-corrected chi connectivity index (χ1v) is 6.61. The van der Waals surface area contributed by atoms with E-state index in [2.05, 4.69) is 24.3 Å². The predicted molar refractivity (Wildman–Crippen MR) is 68.6 cm³/mol. The second-order valence-corrected chi connectivity index (χ2v) is 5.33. The molecule has 0 spiro atoms. The van der Waals surface area contributed by atoms with Gasteiger partial charge in [0.2, 0.25) is 0 Å². The normalized spacial score (nSPS) is 11.7. The van der Waals surface area contributed by atoms with E-state index in [-0.39, 0.29) is 0 Å². The summed E-state index contributed by atoms with van der Waals surface area (Å²) in [5.41, 5.74) is 0. The van der Waals surface area contributed by atoms with E-state index in [9.17, 15) is 5.11 Å². The summed E-state index contributed by atoms with van der Waals surface area (Å²) in [7, 11) is 0. The first-order chi connectivity index (χ1) is 7.58. The SMILES string of the molecule is CC(C)(O)OCCCCSc1ccccc1. The Labute approximate surface area is 102 Å². The van der Waals surface area contributed by atoms with Crippen molar-refractivity contribution in [2.75, 3.05) is 12.4 Å². The Bertz CT molecular complexity index is 280. The summed E-state index contributed by atoms with van der Waals surface area (Å²) in [5, 5.41) is 9.32. The molecular formula is C13H20O2S. The number of hydrogen-bond acceptors (Lipinski definition) is 3. The Morgan fingerprint density at radius 2 is 1.88 bits per heavy atom. The molecule has 0 aliphatic carbocycles. The molecule has 0 aliphatic heterocycles. The first-order valence-electron chi connectivity index (χ1n) is 5.62. The average Bonchev–Trinajstić information content (AvgIpc) is 2.23. The van der Waals surface area contributed by atoms with Gasteiger partial charge in [0, 0.05) is 4.90 Å². The van der Waals surface area contributed by atoms with Crippen molar-refractivity contribution in [3.05, 3.63) is 30.3 Å². The lowest BCUT2D eigenvalue weighted by Crippen LogP contribution is -2.23. The van der Waals surface area contributed by atoms with Crippen LogP contribution in [0.25, 0.3) is 0 Å². The molecule has 0 fully saturated rings. The molecule has 0 saturated heterocycles. The molecule has 0 bridgehead atoms. The van der Waals surface area contributed by atoms with Crippen LogP contribution >= 0.6 is 11.8 Å². The third-order valence-electron chi connectivity index (χ3n) is 2.01. The molecule has 0 amide bonds. The van der Waals surface area contributed by atoms with Gasteiger partial charge in [0.05, 0.1) is 6.61 Å². The molecule has 1 aromatic carbocycles. The fraction of sp³-hybridized carbons (Fsp3) is 0.538. The minimum atomic E-state index is -0.993. The van der Waals surface area contributed by atoms with E-state index in [1.807, 2.05) is 17.8 Å². The molecule has 2 nitrogen and oxygen atoms in total. The molecule has 0 radical (unpaired) electrons. The average molecular weight is 240 g/mol. The Morgan fingerprint density at radius 1 is 1.19 bits per heavy atom. The van der Waals surface area contributed by atoms with Crippen molar-refractivity contribution >= 4 is 11.8 Å². The van der Waals surface area contributed by atoms with Crippen LogP contribution in [0.1, 0.15) is 26.7 Å². The van der Waals surface area contributed by atoms with Crippen LogP contribution in [0.5, 0.6) is 0 Å². The Hall–Kier alpha value is -0.510. The molecule has 0 aromatic heterocycles. The van der Waals surface area contributed by atoms with Crippen LogP contribution in [-0.2, 0) is 4.74 Å². The number of rotatable bonds is 7. The van der Waals surface area contributed by atoms with Gasteiger partial charge in [-0.3, -0.25) is 0 Å². The van der Waals surface area contributed by atoms with E-state index in [4.69, 9.17) is 4.74 Å². The maximum Gasteiger partial charge on any atom is 0.159 e. The molecular weight excluding hydrogens is 220 g/mol. The molecule has 0 saturated carbocycles. The molecule has 1 aromatic rings. The minimum absolute atomic E-state index is 0.624. The van der Waals surface area contributed by atoms with Crippen molar-refractivity contribution < 1.29 is 9.84 Å². The van der Waals surface area contributed by atoms with Gasteiger partial charge in [0.15, 0.2) is 5.79 Å². The molecule has 0 atom stereocenters. The standard InChI is InChI=1S/C13H20O2S/c1-13(2,14)15-10-6-7-11-16-12-8-4-3-5-9-12/h3-5,8-9,14H,6-7,10-11H2,1-2H3. The van der Waals surface area contributed by atoms with E-state index in [0.717, 1.165) is 18.6 Å². The molecule has 16 heavy (non-hydrogen) atoms. The van der Waals surface area contributed by atoms with Crippen LogP contribution < -0.4 is 0 Å². The zero-order chi connectivity index (χ0) is 11.9. The lowest BCUT2D eigenvalue weighted by atomic mass is 10.3. The molecule has 3 heteroatoms. The van der Waals surface area contributed by atoms with Gasteiger partial charge in [-0.2, -0.15) is 0 Å². The molecule has 0 heterocycles. The van der Waals surface area contributed by atoms with Crippen LogP contribution in [0.2, 0.25) is 0 Å². The van der Waals surface area contributed by atoms with Crippen LogP contribution in [0, 0.1) is 0 Å². The van der Waals surface area contributed by atoms with Gasteiger partial charge in [-0.05, 0) is 44.6 Å². The highest BCUT2D eigenvalue weighted by molar-refractivity contribution is 7.99. The zero-order valence-electron chi connectivity index (χ0n) is 9.98.